The van der Waals surface area contributed by atoms with Crippen LogP contribution in [0.5, 0.6) is 0 Å². The van der Waals surface area contributed by atoms with E-state index < -0.39 is 0 Å². The van der Waals surface area contributed by atoms with Crippen LogP contribution in [0.2, 0.25) is 5.02 Å². The Balaban J connectivity index is 1.71. The van der Waals surface area contributed by atoms with Gasteiger partial charge < -0.3 is 20.4 Å². The van der Waals surface area contributed by atoms with Crippen LogP contribution in [0.4, 0.5) is 11.4 Å². The third-order valence-corrected chi connectivity index (χ3v) is 4.30. The van der Waals surface area contributed by atoms with E-state index in [0.29, 0.717) is 27.9 Å². The van der Waals surface area contributed by atoms with E-state index in [4.69, 9.17) is 16.0 Å². The van der Waals surface area contributed by atoms with Gasteiger partial charge in [-0.15, -0.1) is 0 Å². The van der Waals surface area contributed by atoms with Crippen molar-refractivity contribution in [3.63, 3.8) is 0 Å². The lowest BCUT2D eigenvalue weighted by molar-refractivity contribution is -0.115. The number of carbonyl (C=O) groups is 3. The minimum atomic E-state index is -0.377. The molecule has 0 aliphatic heterocycles. The number of hydrogen-bond acceptors (Lipinski definition) is 4. The van der Waals surface area contributed by atoms with Gasteiger partial charge in [-0.25, -0.2) is 0 Å². The molecular weight excluding hydrogens is 406 g/mol. The van der Waals surface area contributed by atoms with E-state index in [9.17, 15) is 14.4 Å². The first-order chi connectivity index (χ1) is 14.3. The van der Waals surface area contributed by atoms with Gasteiger partial charge in [0.2, 0.25) is 11.8 Å². The molecule has 0 aliphatic carbocycles. The van der Waals surface area contributed by atoms with Crippen LogP contribution in [0, 0.1) is 0 Å². The zero-order valence-corrected chi connectivity index (χ0v) is 17.2. The monoisotopic (exact) mass is 425 g/mol. The van der Waals surface area contributed by atoms with Gasteiger partial charge in [-0.05, 0) is 54.6 Å². The molecule has 3 N–H and O–H groups in total. The molecule has 154 valence electrons. The zero-order chi connectivity index (χ0) is 21.7. The van der Waals surface area contributed by atoms with Crippen molar-refractivity contribution in [3.8, 4) is 11.3 Å². The third-order valence-electron chi connectivity index (χ3n) is 4.05. The van der Waals surface area contributed by atoms with Gasteiger partial charge in [0.15, 0.2) is 0 Å². The molecule has 0 aliphatic rings. The Hall–Kier alpha value is -3.58. The molecule has 3 aromatic rings. The number of benzene rings is 2. The summed E-state index contributed by atoms with van der Waals surface area (Å²) in [6.07, 6.45) is 0. The topological polar surface area (TPSA) is 100 Å². The maximum absolute atomic E-state index is 12.6. The number of amides is 3. The Bertz CT molecular complexity index is 1060. The van der Waals surface area contributed by atoms with Crippen LogP contribution >= 0.6 is 11.6 Å². The summed E-state index contributed by atoms with van der Waals surface area (Å²) in [5.41, 5.74) is 1.97. The number of carbonyl (C=O) groups excluding carboxylic acids is 3. The number of furan rings is 1. The normalized spacial score (nSPS) is 10.4. The van der Waals surface area contributed by atoms with Crippen LogP contribution in [0.25, 0.3) is 11.3 Å². The first-order valence-electron chi connectivity index (χ1n) is 9.13. The standard InChI is InChI=1S/C22H20ClN3O4/c1-13(27)25-18-9-16(10-19(11-18)26-14(2)28)22(29)24-12-20-7-8-21(30-20)15-3-5-17(23)6-4-15/h3-11H,12H2,1-2H3,(H,24,29)(H,25,27)(H,26,28). The highest BCUT2D eigenvalue weighted by molar-refractivity contribution is 6.30. The van der Waals surface area contributed by atoms with Crippen molar-refractivity contribution in [2.24, 2.45) is 0 Å². The zero-order valence-electron chi connectivity index (χ0n) is 16.4. The van der Waals surface area contributed by atoms with Crippen LogP contribution in [0.3, 0.4) is 0 Å². The molecule has 1 aromatic heterocycles. The largest absolute Gasteiger partial charge is 0.459 e. The number of anilines is 2. The summed E-state index contributed by atoms with van der Waals surface area (Å²) in [7, 11) is 0. The predicted molar refractivity (Wildman–Crippen MR) is 115 cm³/mol. The van der Waals surface area contributed by atoms with E-state index >= 15 is 0 Å². The Morgan fingerprint density at radius 2 is 1.47 bits per heavy atom. The van der Waals surface area contributed by atoms with Crippen molar-refractivity contribution in [1.29, 1.82) is 0 Å². The van der Waals surface area contributed by atoms with Gasteiger partial charge in [0.1, 0.15) is 11.5 Å². The first-order valence-corrected chi connectivity index (χ1v) is 9.51. The van der Waals surface area contributed by atoms with Crippen LogP contribution < -0.4 is 16.0 Å². The Kier molecular flexibility index (Phi) is 6.54. The van der Waals surface area contributed by atoms with Crippen molar-refractivity contribution in [2.75, 3.05) is 10.6 Å². The Morgan fingerprint density at radius 1 is 0.867 bits per heavy atom. The van der Waals surface area contributed by atoms with E-state index in [1.54, 1.807) is 24.3 Å². The van der Waals surface area contributed by atoms with Crippen molar-refractivity contribution in [1.82, 2.24) is 5.32 Å². The van der Waals surface area contributed by atoms with Crippen molar-refractivity contribution >= 4 is 40.7 Å². The number of nitrogens with one attached hydrogen (secondary N) is 3. The van der Waals surface area contributed by atoms with Gasteiger partial charge >= 0.3 is 0 Å². The fraction of sp³-hybridized carbons (Fsp3) is 0.136. The lowest BCUT2D eigenvalue weighted by Crippen LogP contribution is -2.23. The van der Waals surface area contributed by atoms with E-state index in [1.807, 2.05) is 18.2 Å². The molecule has 0 radical (unpaired) electrons. The molecular formula is C22H20ClN3O4. The maximum atomic E-state index is 12.6. The van der Waals surface area contributed by atoms with Crippen LogP contribution in [0.15, 0.2) is 59.0 Å². The van der Waals surface area contributed by atoms with Crippen molar-refractivity contribution in [2.45, 2.75) is 20.4 Å². The van der Waals surface area contributed by atoms with Crippen molar-refractivity contribution in [3.05, 3.63) is 70.9 Å². The predicted octanol–water partition coefficient (Wildman–Crippen LogP) is 4.45. The summed E-state index contributed by atoms with van der Waals surface area (Å²) in [6, 6.07) is 15.5. The molecule has 0 unspecified atom stereocenters. The molecule has 7 nitrogen and oxygen atoms in total. The van der Waals surface area contributed by atoms with Gasteiger partial charge in [-0.2, -0.15) is 0 Å². The SMILES string of the molecule is CC(=O)Nc1cc(NC(C)=O)cc(C(=O)NCc2ccc(-c3ccc(Cl)cc3)o2)c1. The fourth-order valence-corrected chi connectivity index (χ4v) is 2.95. The van der Waals surface area contributed by atoms with E-state index in [-0.39, 0.29) is 29.8 Å². The molecule has 8 heteroatoms. The Morgan fingerprint density at radius 3 is 2.03 bits per heavy atom. The second kappa shape index (κ2) is 9.28. The van der Waals surface area contributed by atoms with Crippen LogP contribution in [-0.2, 0) is 16.1 Å². The molecule has 2 aromatic carbocycles. The van der Waals surface area contributed by atoms with E-state index in [1.165, 1.54) is 26.0 Å². The summed E-state index contributed by atoms with van der Waals surface area (Å²) in [5.74, 6) is 0.293. The van der Waals surface area contributed by atoms with Gasteiger partial charge in [0.05, 0.1) is 6.54 Å². The lowest BCUT2D eigenvalue weighted by Gasteiger charge is -2.11. The molecule has 0 saturated heterocycles. The minimum Gasteiger partial charge on any atom is -0.459 e. The third kappa shape index (κ3) is 5.71. The molecule has 0 spiro atoms. The summed E-state index contributed by atoms with van der Waals surface area (Å²) in [4.78, 5) is 35.3. The molecule has 0 bridgehead atoms. The highest BCUT2D eigenvalue weighted by Crippen LogP contribution is 2.24. The quantitative estimate of drug-likeness (QED) is 0.543. The first kappa shape index (κ1) is 21.1. The minimum absolute atomic E-state index is 0.173. The average Bonchev–Trinajstić information content (AvgIpc) is 3.14. The molecule has 0 atom stereocenters. The summed E-state index contributed by atoms with van der Waals surface area (Å²) >= 11 is 5.90. The van der Waals surface area contributed by atoms with Gasteiger partial charge in [-0.1, -0.05) is 11.6 Å². The second-order valence-electron chi connectivity index (χ2n) is 6.62. The molecule has 3 amide bonds. The number of halogens is 1. The molecule has 3 rings (SSSR count). The van der Waals surface area contributed by atoms with Crippen LogP contribution in [-0.4, -0.2) is 17.7 Å². The van der Waals surface area contributed by atoms with Gasteiger partial charge in [0, 0.05) is 41.4 Å². The lowest BCUT2D eigenvalue weighted by atomic mass is 10.1. The Labute approximate surface area is 178 Å². The van der Waals surface area contributed by atoms with Crippen LogP contribution in [0.1, 0.15) is 30.0 Å². The summed E-state index contributed by atoms with van der Waals surface area (Å²) in [5, 5.41) is 8.64. The van der Waals surface area contributed by atoms with E-state index in [0.717, 1.165) is 5.56 Å². The highest BCUT2D eigenvalue weighted by Gasteiger charge is 2.12. The molecule has 0 saturated carbocycles. The van der Waals surface area contributed by atoms with Crippen molar-refractivity contribution < 1.29 is 18.8 Å². The number of hydrogen-bond donors (Lipinski definition) is 3. The van der Waals surface area contributed by atoms with Gasteiger partial charge in [0.25, 0.3) is 5.91 Å². The summed E-state index contributed by atoms with van der Waals surface area (Å²) in [6.45, 7) is 2.90. The highest BCUT2D eigenvalue weighted by atomic mass is 35.5. The number of rotatable bonds is 6. The maximum Gasteiger partial charge on any atom is 0.251 e. The molecule has 0 fully saturated rings. The summed E-state index contributed by atoms with van der Waals surface area (Å²) < 4.78 is 5.78. The molecule has 30 heavy (non-hydrogen) atoms. The van der Waals surface area contributed by atoms with E-state index in [2.05, 4.69) is 16.0 Å². The molecule has 1 heterocycles. The van der Waals surface area contributed by atoms with Gasteiger partial charge in [-0.3, -0.25) is 14.4 Å². The second-order valence-corrected chi connectivity index (χ2v) is 7.05. The smallest absolute Gasteiger partial charge is 0.251 e. The average molecular weight is 426 g/mol. The fourth-order valence-electron chi connectivity index (χ4n) is 2.82.